The van der Waals surface area contributed by atoms with Crippen molar-refractivity contribution in [3.05, 3.63) is 69.3 Å². The van der Waals surface area contributed by atoms with Gasteiger partial charge in [0.2, 0.25) is 5.91 Å². The van der Waals surface area contributed by atoms with Gasteiger partial charge in [0.25, 0.3) is 0 Å². The number of hydrogen-bond donors (Lipinski definition) is 1. The zero-order valence-corrected chi connectivity index (χ0v) is 24.2. The SMILES string of the molecule is CC(Oc1ccc(C(C)(C)C)cc1)c1nnc(SCC(=O)Nc2nc(-c3ccc(Cl)cc3Cl)cs2)n1C. The third-order valence-electron chi connectivity index (χ3n) is 5.56. The van der Waals surface area contributed by atoms with E-state index in [4.69, 9.17) is 27.9 Å². The Labute approximate surface area is 234 Å². The molecular weight excluding hydrogens is 549 g/mol. The quantitative estimate of drug-likeness (QED) is 0.220. The van der Waals surface area contributed by atoms with E-state index in [1.807, 2.05) is 36.1 Å². The second kappa shape index (κ2) is 11.4. The lowest BCUT2D eigenvalue weighted by atomic mass is 9.87. The van der Waals surface area contributed by atoms with Crippen LogP contribution in [0.25, 0.3) is 11.3 Å². The molecular formula is C26H27Cl2N5O2S2. The van der Waals surface area contributed by atoms with Crippen LogP contribution in [-0.4, -0.2) is 31.4 Å². The predicted molar refractivity (Wildman–Crippen MR) is 152 cm³/mol. The monoisotopic (exact) mass is 575 g/mol. The summed E-state index contributed by atoms with van der Waals surface area (Å²) in [5.74, 6) is 1.40. The number of nitrogens with one attached hydrogen (secondary N) is 1. The van der Waals surface area contributed by atoms with E-state index in [1.165, 1.54) is 28.7 Å². The molecule has 37 heavy (non-hydrogen) atoms. The molecule has 4 aromatic rings. The number of rotatable bonds is 8. The molecule has 0 saturated carbocycles. The lowest BCUT2D eigenvalue weighted by Crippen LogP contribution is -2.14. The Kier molecular flexibility index (Phi) is 8.48. The van der Waals surface area contributed by atoms with Crippen molar-refractivity contribution in [2.75, 3.05) is 11.1 Å². The number of ether oxygens (including phenoxy) is 1. The number of hydrogen-bond acceptors (Lipinski definition) is 7. The molecule has 0 radical (unpaired) electrons. The van der Waals surface area contributed by atoms with Gasteiger partial charge < -0.3 is 14.6 Å². The summed E-state index contributed by atoms with van der Waals surface area (Å²) >= 11 is 14.9. The van der Waals surface area contributed by atoms with Crippen LogP contribution in [-0.2, 0) is 17.3 Å². The van der Waals surface area contributed by atoms with Crippen molar-refractivity contribution in [3.8, 4) is 17.0 Å². The fraction of sp³-hybridized carbons (Fsp3) is 0.308. The summed E-state index contributed by atoms with van der Waals surface area (Å²) < 4.78 is 7.93. The summed E-state index contributed by atoms with van der Waals surface area (Å²) in [6.45, 7) is 8.46. The van der Waals surface area contributed by atoms with Crippen LogP contribution in [0.1, 0.15) is 45.2 Å². The van der Waals surface area contributed by atoms with Crippen LogP contribution in [0.3, 0.4) is 0 Å². The molecule has 0 aliphatic carbocycles. The highest BCUT2D eigenvalue weighted by atomic mass is 35.5. The molecule has 1 amide bonds. The first kappa shape index (κ1) is 27.4. The van der Waals surface area contributed by atoms with E-state index in [0.717, 1.165) is 11.3 Å². The Balaban J connectivity index is 1.33. The van der Waals surface area contributed by atoms with Crippen molar-refractivity contribution < 1.29 is 9.53 Å². The van der Waals surface area contributed by atoms with E-state index in [2.05, 4.69) is 53.4 Å². The van der Waals surface area contributed by atoms with Gasteiger partial charge in [-0.3, -0.25) is 4.79 Å². The lowest BCUT2D eigenvalue weighted by molar-refractivity contribution is -0.113. The molecule has 11 heteroatoms. The van der Waals surface area contributed by atoms with E-state index in [1.54, 1.807) is 18.2 Å². The van der Waals surface area contributed by atoms with Gasteiger partial charge in [-0.05, 0) is 48.2 Å². The maximum atomic E-state index is 12.5. The van der Waals surface area contributed by atoms with E-state index in [-0.39, 0.29) is 23.2 Å². The van der Waals surface area contributed by atoms with Gasteiger partial charge >= 0.3 is 0 Å². The van der Waals surface area contributed by atoms with Crippen LogP contribution >= 0.6 is 46.3 Å². The van der Waals surface area contributed by atoms with Crippen LogP contribution in [0.4, 0.5) is 5.13 Å². The number of thioether (sulfide) groups is 1. The highest BCUT2D eigenvalue weighted by Crippen LogP contribution is 2.32. The molecule has 1 atom stereocenters. The van der Waals surface area contributed by atoms with Crippen LogP contribution < -0.4 is 10.1 Å². The molecule has 0 fully saturated rings. The molecule has 4 rings (SSSR count). The van der Waals surface area contributed by atoms with Crippen LogP contribution in [0.5, 0.6) is 5.75 Å². The Bertz CT molecular complexity index is 1400. The molecule has 2 aromatic carbocycles. The molecule has 0 bridgehead atoms. The number of benzene rings is 2. The lowest BCUT2D eigenvalue weighted by Gasteiger charge is -2.20. The van der Waals surface area contributed by atoms with Gasteiger partial charge in [0, 0.05) is 23.0 Å². The molecule has 2 aromatic heterocycles. The molecule has 1 unspecified atom stereocenters. The zero-order valence-electron chi connectivity index (χ0n) is 21.1. The number of thiazole rings is 1. The molecule has 1 N–H and O–H groups in total. The van der Waals surface area contributed by atoms with Crippen LogP contribution in [0, 0.1) is 0 Å². The Morgan fingerprint density at radius 1 is 1.16 bits per heavy atom. The van der Waals surface area contributed by atoms with Gasteiger partial charge in [-0.25, -0.2) is 4.98 Å². The predicted octanol–water partition coefficient (Wildman–Crippen LogP) is 7.41. The minimum Gasteiger partial charge on any atom is -0.483 e. The van der Waals surface area contributed by atoms with Gasteiger partial charge in [0.1, 0.15) is 5.75 Å². The number of carbonyl (C=O) groups excluding carboxylic acids is 1. The number of carbonyl (C=O) groups is 1. The number of amides is 1. The summed E-state index contributed by atoms with van der Waals surface area (Å²) in [5.41, 5.74) is 2.75. The summed E-state index contributed by atoms with van der Waals surface area (Å²) in [6, 6.07) is 13.3. The standard InChI is InChI=1S/C26H27Cl2N5O2S2/c1-15(35-18-9-6-16(7-10-18)26(2,3)4)23-31-32-25(33(23)5)37-14-22(34)30-24-29-21(13-36-24)19-11-8-17(27)12-20(19)28/h6-13,15H,14H2,1-5H3,(H,29,30,34). The van der Waals surface area contributed by atoms with E-state index < -0.39 is 0 Å². The van der Waals surface area contributed by atoms with Crippen LogP contribution in [0.15, 0.2) is 53.0 Å². The first-order chi connectivity index (χ1) is 17.5. The fourth-order valence-corrected chi connectivity index (χ4v) is 5.48. The Morgan fingerprint density at radius 2 is 1.89 bits per heavy atom. The molecule has 2 heterocycles. The molecule has 0 saturated heterocycles. The first-order valence-electron chi connectivity index (χ1n) is 11.5. The van der Waals surface area contributed by atoms with E-state index >= 15 is 0 Å². The summed E-state index contributed by atoms with van der Waals surface area (Å²) in [7, 11) is 1.86. The summed E-state index contributed by atoms with van der Waals surface area (Å²) in [5, 5.41) is 15.4. The maximum Gasteiger partial charge on any atom is 0.236 e. The second-order valence-corrected chi connectivity index (χ2v) is 12.1. The van der Waals surface area contributed by atoms with Crippen molar-refractivity contribution in [1.82, 2.24) is 19.7 Å². The van der Waals surface area contributed by atoms with Crippen molar-refractivity contribution in [2.24, 2.45) is 7.05 Å². The molecule has 7 nitrogen and oxygen atoms in total. The maximum absolute atomic E-state index is 12.5. The Morgan fingerprint density at radius 3 is 2.57 bits per heavy atom. The summed E-state index contributed by atoms with van der Waals surface area (Å²) in [6.07, 6.45) is -0.311. The largest absolute Gasteiger partial charge is 0.483 e. The zero-order chi connectivity index (χ0) is 26.7. The molecule has 0 aliphatic rings. The average Bonchev–Trinajstić information content (AvgIpc) is 3.44. The van der Waals surface area contributed by atoms with Gasteiger partial charge in [0.15, 0.2) is 22.2 Å². The van der Waals surface area contributed by atoms with E-state index in [0.29, 0.717) is 31.9 Å². The van der Waals surface area contributed by atoms with Gasteiger partial charge in [-0.15, -0.1) is 21.5 Å². The molecule has 194 valence electrons. The minimum atomic E-state index is -0.311. The molecule has 0 aliphatic heterocycles. The third kappa shape index (κ3) is 6.84. The van der Waals surface area contributed by atoms with Gasteiger partial charge in [-0.1, -0.05) is 67.9 Å². The van der Waals surface area contributed by atoms with Crippen LogP contribution in [0.2, 0.25) is 10.0 Å². The van der Waals surface area contributed by atoms with E-state index in [9.17, 15) is 4.79 Å². The van der Waals surface area contributed by atoms with Gasteiger partial charge in [-0.2, -0.15) is 0 Å². The summed E-state index contributed by atoms with van der Waals surface area (Å²) in [4.78, 5) is 17.0. The Hall–Kier alpha value is -2.59. The number of nitrogens with zero attached hydrogens (tertiary/aromatic N) is 4. The van der Waals surface area contributed by atoms with Crippen molar-refractivity contribution in [3.63, 3.8) is 0 Å². The van der Waals surface area contributed by atoms with Crippen molar-refractivity contribution in [2.45, 2.75) is 44.4 Å². The minimum absolute atomic E-state index is 0.0818. The normalized spacial score (nSPS) is 12.4. The molecule has 0 spiro atoms. The number of aromatic nitrogens is 4. The highest BCUT2D eigenvalue weighted by Gasteiger charge is 2.19. The highest BCUT2D eigenvalue weighted by molar-refractivity contribution is 7.99. The van der Waals surface area contributed by atoms with Crippen molar-refractivity contribution >= 4 is 57.3 Å². The average molecular weight is 577 g/mol. The second-order valence-electron chi connectivity index (χ2n) is 9.43. The first-order valence-corrected chi connectivity index (χ1v) is 14.1. The fourth-order valence-electron chi connectivity index (χ4n) is 3.53. The smallest absolute Gasteiger partial charge is 0.236 e. The van der Waals surface area contributed by atoms with Crippen molar-refractivity contribution in [1.29, 1.82) is 0 Å². The number of halogens is 2. The topological polar surface area (TPSA) is 81.9 Å². The van der Waals surface area contributed by atoms with Gasteiger partial charge in [0.05, 0.1) is 16.5 Å². The third-order valence-corrected chi connectivity index (χ3v) is 7.88. The number of anilines is 1.